The molecule has 2 N–H and O–H groups in total. The van der Waals surface area contributed by atoms with Crippen LogP contribution in [0.25, 0.3) is 0 Å². The topological polar surface area (TPSA) is 74.6 Å². The number of carboxylic acid groups (broad SMARTS) is 2. The van der Waals surface area contributed by atoms with Gasteiger partial charge in [0.2, 0.25) is 0 Å². The lowest BCUT2D eigenvalue weighted by atomic mass is 9.85. The molecule has 0 aliphatic rings. The first-order chi connectivity index (χ1) is 9.45. The van der Waals surface area contributed by atoms with Crippen molar-refractivity contribution in [2.75, 3.05) is 0 Å². The van der Waals surface area contributed by atoms with Crippen LogP contribution < -0.4 is 0 Å². The summed E-state index contributed by atoms with van der Waals surface area (Å²) in [5.41, 5.74) is -1.62. The average Bonchev–Trinajstić information content (AvgIpc) is 2.40. The van der Waals surface area contributed by atoms with E-state index in [0.717, 1.165) is 12.8 Å². The zero-order valence-electron chi connectivity index (χ0n) is 13.0. The van der Waals surface area contributed by atoms with E-state index in [-0.39, 0.29) is 6.42 Å². The molecule has 4 nitrogen and oxygen atoms in total. The SMILES string of the molecule is CCCCCCCCCCCCC(C)(C(=O)O)C(=O)O. The Morgan fingerprint density at radius 1 is 0.750 bits per heavy atom. The first-order valence-corrected chi connectivity index (χ1v) is 7.92. The van der Waals surface area contributed by atoms with Gasteiger partial charge in [-0.15, -0.1) is 0 Å². The minimum absolute atomic E-state index is 0.216. The molecule has 20 heavy (non-hydrogen) atoms. The number of rotatable bonds is 13. The van der Waals surface area contributed by atoms with Gasteiger partial charge in [-0.05, 0) is 13.3 Å². The maximum atomic E-state index is 11.0. The molecule has 118 valence electrons. The number of carboxylic acids is 2. The summed E-state index contributed by atoms with van der Waals surface area (Å²) >= 11 is 0. The summed E-state index contributed by atoms with van der Waals surface area (Å²) in [6.45, 7) is 3.51. The van der Waals surface area contributed by atoms with Crippen molar-refractivity contribution in [1.29, 1.82) is 0 Å². The number of hydrogen-bond donors (Lipinski definition) is 2. The maximum absolute atomic E-state index is 11.0. The third-order valence-corrected chi connectivity index (χ3v) is 3.97. The lowest BCUT2D eigenvalue weighted by Crippen LogP contribution is -2.36. The highest BCUT2D eigenvalue weighted by Gasteiger charge is 2.40. The third-order valence-electron chi connectivity index (χ3n) is 3.97. The fourth-order valence-corrected chi connectivity index (χ4v) is 2.27. The summed E-state index contributed by atoms with van der Waals surface area (Å²) in [7, 11) is 0. The second-order valence-electron chi connectivity index (χ2n) is 5.87. The van der Waals surface area contributed by atoms with Crippen molar-refractivity contribution in [3.05, 3.63) is 0 Å². The highest BCUT2D eigenvalue weighted by molar-refractivity contribution is 5.97. The van der Waals surface area contributed by atoms with Crippen LogP contribution in [-0.4, -0.2) is 22.2 Å². The normalized spacial score (nSPS) is 11.5. The molecule has 0 aromatic heterocycles. The van der Waals surface area contributed by atoms with Crippen molar-refractivity contribution in [3.8, 4) is 0 Å². The number of unbranched alkanes of at least 4 members (excludes halogenated alkanes) is 9. The molecule has 0 saturated heterocycles. The van der Waals surface area contributed by atoms with Gasteiger partial charge in [0, 0.05) is 0 Å². The van der Waals surface area contributed by atoms with Gasteiger partial charge in [-0.25, -0.2) is 0 Å². The second kappa shape index (κ2) is 10.7. The molecule has 0 spiro atoms. The third kappa shape index (κ3) is 7.51. The van der Waals surface area contributed by atoms with Crippen molar-refractivity contribution < 1.29 is 19.8 Å². The lowest BCUT2D eigenvalue weighted by Gasteiger charge is -2.19. The molecule has 0 amide bonds. The average molecular weight is 286 g/mol. The van der Waals surface area contributed by atoms with E-state index in [2.05, 4.69) is 6.92 Å². The molecule has 0 aliphatic heterocycles. The van der Waals surface area contributed by atoms with E-state index in [0.29, 0.717) is 6.42 Å². The Bertz CT molecular complexity index is 272. The van der Waals surface area contributed by atoms with Gasteiger partial charge < -0.3 is 10.2 Å². The number of aliphatic carboxylic acids is 2. The zero-order chi connectivity index (χ0) is 15.4. The molecule has 0 radical (unpaired) electrons. The van der Waals surface area contributed by atoms with Crippen molar-refractivity contribution in [3.63, 3.8) is 0 Å². The van der Waals surface area contributed by atoms with Crippen LogP contribution in [-0.2, 0) is 9.59 Å². The fourth-order valence-electron chi connectivity index (χ4n) is 2.27. The number of carbonyl (C=O) groups is 2. The van der Waals surface area contributed by atoms with Gasteiger partial charge in [0.15, 0.2) is 5.41 Å². The summed E-state index contributed by atoms with van der Waals surface area (Å²) < 4.78 is 0. The molecule has 0 aliphatic carbocycles. The first-order valence-electron chi connectivity index (χ1n) is 7.92. The van der Waals surface area contributed by atoms with E-state index in [9.17, 15) is 9.59 Å². The summed E-state index contributed by atoms with van der Waals surface area (Å²) in [6, 6.07) is 0. The molecule has 0 aromatic carbocycles. The molecule has 0 rings (SSSR count). The number of hydrogen-bond acceptors (Lipinski definition) is 2. The maximum Gasteiger partial charge on any atom is 0.320 e. The van der Waals surface area contributed by atoms with Gasteiger partial charge in [0.25, 0.3) is 0 Å². The second-order valence-corrected chi connectivity index (χ2v) is 5.87. The molecule has 0 aromatic rings. The fraction of sp³-hybridized carbons (Fsp3) is 0.875. The van der Waals surface area contributed by atoms with Crippen LogP contribution in [0, 0.1) is 5.41 Å². The molecule has 4 heteroatoms. The Kier molecular flexibility index (Phi) is 10.1. The Balaban J connectivity index is 3.56. The van der Waals surface area contributed by atoms with Crippen LogP contribution in [0.2, 0.25) is 0 Å². The van der Waals surface area contributed by atoms with Crippen LogP contribution in [0.5, 0.6) is 0 Å². The molecule has 0 saturated carbocycles. The monoisotopic (exact) mass is 286 g/mol. The summed E-state index contributed by atoms with van der Waals surface area (Å²) in [5.74, 6) is -2.47. The predicted octanol–water partition coefficient (Wildman–Crippen LogP) is 4.47. The van der Waals surface area contributed by atoms with Gasteiger partial charge >= 0.3 is 11.9 Å². The van der Waals surface area contributed by atoms with Crippen molar-refractivity contribution >= 4 is 11.9 Å². The van der Waals surface area contributed by atoms with Crippen LogP contribution in [0.1, 0.15) is 84.5 Å². The molecule has 0 fully saturated rings. The van der Waals surface area contributed by atoms with E-state index < -0.39 is 17.4 Å². The molecule has 0 bridgehead atoms. The van der Waals surface area contributed by atoms with Gasteiger partial charge in [-0.2, -0.15) is 0 Å². The largest absolute Gasteiger partial charge is 0.480 e. The van der Waals surface area contributed by atoms with Gasteiger partial charge in [0.05, 0.1) is 0 Å². The summed E-state index contributed by atoms with van der Waals surface area (Å²) in [4.78, 5) is 21.9. The standard InChI is InChI=1S/C16H30O4/c1-3-4-5-6-7-8-9-10-11-12-13-16(2,14(17)18)15(19)20/h3-13H2,1-2H3,(H,17,18)(H,19,20). The Morgan fingerprint density at radius 3 is 1.45 bits per heavy atom. The van der Waals surface area contributed by atoms with E-state index in [4.69, 9.17) is 10.2 Å². The molecular formula is C16H30O4. The summed E-state index contributed by atoms with van der Waals surface area (Å²) in [6.07, 6.45) is 11.8. The van der Waals surface area contributed by atoms with Crippen molar-refractivity contribution in [2.45, 2.75) is 84.5 Å². The highest BCUT2D eigenvalue weighted by Crippen LogP contribution is 2.25. The van der Waals surface area contributed by atoms with Crippen molar-refractivity contribution in [2.24, 2.45) is 5.41 Å². The summed E-state index contributed by atoms with van der Waals surface area (Å²) in [5, 5.41) is 17.9. The Morgan fingerprint density at radius 2 is 1.10 bits per heavy atom. The molecule has 0 unspecified atom stereocenters. The zero-order valence-corrected chi connectivity index (χ0v) is 13.0. The van der Waals surface area contributed by atoms with Gasteiger partial charge in [-0.1, -0.05) is 71.1 Å². The Labute approximate surface area is 122 Å². The lowest BCUT2D eigenvalue weighted by molar-refractivity contribution is -0.163. The molecule has 0 heterocycles. The van der Waals surface area contributed by atoms with Gasteiger partial charge in [0.1, 0.15) is 0 Å². The van der Waals surface area contributed by atoms with E-state index >= 15 is 0 Å². The van der Waals surface area contributed by atoms with E-state index in [1.807, 2.05) is 0 Å². The predicted molar refractivity (Wildman–Crippen MR) is 79.8 cm³/mol. The van der Waals surface area contributed by atoms with Crippen molar-refractivity contribution in [1.82, 2.24) is 0 Å². The highest BCUT2D eigenvalue weighted by atomic mass is 16.4. The molecule has 0 atom stereocenters. The Hall–Kier alpha value is -1.06. The van der Waals surface area contributed by atoms with Crippen LogP contribution in [0.15, 0.2) is 0 Å². The molecular weight excluding hydrogens is 256 g/mol. The van der Waals surface area contributed by atoms with Crippen LogP contribution >= 0.6 is 0 Å². The quantitative estimate of drug-likeness (QED) is 0.387. The first kappa shape index (κ1) is 18.9. The smallest absolute Gasteiger partial charge is 0.320 e. The minimum atomic E-state index is -1.62. The van der Waals surface area contributed by atoms with Crippen LogP contribution in [0.4, 0.5) is 0 Å². The van der Waals surface area contributed by atoms with E-state index in [1.54, 1.807) is 0 Å². The minimum Gasteiger partial charge on any atom is -0.480 e. The van der Waals surface area contributed by atoms with Crippen LogP contribution in [0.3, 0.4) is 0 Å². The van der Waals surface area contributed by atoms with E-state index in [1.165, 1.54) is 51.9 Å². The van der Waals surface area contributed by atoms with Gasteiger partial charge in [-0.3, -0.25) is 9.59 Å².